The normalized spacial score (nSPS) is 9.74. The number of carbonyl (C=O) groups is 2. The topological polar surface area (TPSA) is 96.3 Å². The minimum atomic E-state index is -0.441. The molecule has 0 radical (unpaired) electrons. The van der Waals surface area contributed by atoms with E-state index in [9.17, 15) is 9.59 Å². The Morgan fingerprint density at radius 1 is 1.00 bits per heavy atom. The molecule has 0 aliphatic heterocycles. The standard InChI is InChI=1S/C12H12N4O3/c1-8(17)14-9-2-4-10(5-3-9)15-12(18)16-11-6-7-13-19-11/h2-7H,1H3,(H,14,17)(H2,15,16,18). The van der Waals surface area contributed by atoms with Crippen molar-refractivity contribution in [2.75, 3.05) is 16.0 Å². The summed E-state index contributed by atoms with van der Waals surface area (Å²) in [7, 11) is 0. The third-order valence-corrected chi connectivity index (χ3v) is 2.14. The number of anilines is 3. The van der Waals surface area contributed by atoms with Crippen LogP contribution in [0.15, 0.2) is 41.1 Å². The van der Waals surface area contributed by atoms with Crippen LogP contribution in [-0.4, -0.2) is 17.1 Å². The summed E-state index contributed by atoms with van der Waals surface area (Å²) in [6, 6.07) is 7.80. The van der Waals surface area contributed by atoms with E-state index in [4.69, 9.17) is 4.52 Å². The van der Waals surface area contributed by atoms with Crippen LogP contribution < -0.4 is 16.0 Å². The summed E-state index contributed by atoms with van der Waals surface area (Å²) < 4.78 is 4.74. The molecule has 1 aromatic heterocycles. The van der Waals surface area contributed by atoms with E-state index in [-0.39, 0.29) is 11.8 Å². The van der Waals surface area contributed by atoms with Crippen LogP contribution in [0, 0.1) is 0 Å². The zero-order valence-corrected chi connectivity index (χ0v) is 10.1. The number of hydrogen-bond acceptors (Lipinski definition) is 4. The van der Waals surface area contributed by atoms with Gasteiger partial charge in [-0.15, -0.1) is 0 Å². The quantitative estimate of drug-likeness (QED) is 0.788. The molecule has 3 amide bonds. The maximum Gasteiger partial charge on any atom is 0.326 e. The molecule has 2 rings (SSSR count). The Bertz CT molecular complexity index is 563. The number of urea groups is 1. The first-order valence-electron chi connectivity index (χ1n) is 5.50. The Morgan fingerprint density at radius 2 is 1.63 bits per heavy atom. The second-order valence-electron chi connectivity index (χ2n) is 3.71. The molecule has 7 heteroatoms. The molecule has 0 unspecified atom stereocenters. The minimum Gasteiger partial charge on any atom is -0.338 e. The molecule has 0 aliphatic rings. The molecular formula is C12H12N4O3. The molecule has 0 fully saturated rings. The summed E-state index contributed by atoms with van der Waals surface area (Å²) in [5.41, 5.74) is 1.25. The third-order valence-electron chi connectivity index (χ3n) is 2.14. The zero-order chi connectivity index (χ0) is 13.7. The van der Waals surface area contributed by atoms with Gasteiger partial charge < -0.3 is 15.2 Å². The Balaban J connectivity index is 1.92. The van der Waals surface area contributed by atoms with Crippen LogP contribution >= 0.6 is 0 Å². The van der Waals surface area contributed by atoms with Gasteiger partial charge in [-0.05, 0) is 24.3 Å². The predicted octanol–water partition coefficient (Wildman–Crippen LogP) is 2.28. The zero-order valence-electron chi connectivity index (χ0n) is 10.1. The fraction of sp³-hybridized carbons (Fsp3) is 0.0833. The molecule has 0 atom stereocenters. The van der Waals surface area contributed by atoms with Crippen LogP contribution in [0.4, 0.5) is 22.1 Å². The molecule has 0 spiro atoms. The van der Waals surface area contributed by atoms with E-state index in [0.29, 0.717) is 11.4 Å². The summed E-state index contributed by atoms with van der Waals surface area (Å²) >= 11 is 0. The summed E-state index contributed by atoms with van der Waals surface area (Å²) in [5.74, 6) is 0.108. The van der Waals surface area contributed by atoms with Crippen molar-refractivity contribution in [1.29, 1.82) is 0 Å². The summed E-state index contributed by atoms with van der Waals surface area (Å²) in [6.07, 6.45) is 1.43. The second kappa shape index (κ2) is 5.67. The fourth-order valence-corrected chi connectivity index (χ4v) is 1.39. The van der Waals surface area contributed by atoms with Crippen LogP contribution in [0.5, 0.6) is 0 Å². The smallest absolute Gasteiger partial charge is 0.326 e. The summed E-state index contributed by atoms with van der Waals surface area (Å²) in [5, 5.41) is 11.2. The molecule has 19 heavy (non-hydrogen) atoms. The van der Waals surface area contributed by atoms with E-state index in [2.05, 4.69) is 21.1 Å². The van der Waals surface area contributed by atoms with Crippen LogP contribution in [0.1, 0.15) is 6.92 Å². The number of aromatic nitrogens is 1. The van der Waals surface area contributed by atoms with Gasteiger partial charge in [0, 0.05) is 24.4 Å². The fourth-order valence-electron chi connectivity index (χ4n) is 1.39. The number of nitrogens with zero attached hydrogens (tertiary/aromatic N) is 1. The molecule has 2 aromatic rings. The molecule has 1 aromatic carbocycles. The van der Waals surface area contributed by atoms with Crippen molar-refractivity contribution in [2.45, 2.75) is 6.92 Å². The van der Waals surface area contributed by atoms with Crippen molar-refractivity contribution >= 4 is 29.2 Å². The Labute approximate surface area is 109 Å². The van der Waals surface area contributed by atoms with E-state index >= 15 is 0 Å². The van der Waals surface area contributed by atoms with Gasteiger partial charge in [0.15, 0.2) is 0 Å². The van der Waals surface area contributed by atoms with Gasteiger partial charge in [-0.25, -0.2) is 4.79 Å². The number of hydrogen-bond donors (Lipinski definition) is 3. The van der Waals surface area contributed by atoms with Crippen LogP contribution in [0.3, 0.4) is 0 Å². The lowest BCUT2D eigenvalue weighted by Gasteiger charge is -2.06. The van der Waals surface area contributed by atoms with Crippen LogP contribution in [-0.2, 0) is 4.79 Å². The average molecular weight is 260 g/mol. The van der Waals surface area contributed by atoms with Gasteiger partial charge in [-0.3, -0.25) is 10.1 Å². The lowest BCUT2D eigenvalue weighted by molar-refractivity contribution is -0.114. The molecule has 0 saturated heterocycles. The highest BCUT2D eigenvalue weighted by atomic mass is 16.5. The monoisotopic (exact) mass is 260 g/mol. The second-order valence-corrected chi connectivity index (χ2v) is 3.71. The van der Waals surface area contributed by atoms with E-state index in [1.165, 1.54) is 19.2 Å². The maximum absolute atomic E-state index is 11.6. The SMILES string of the molecule is CC(=O)Nc1ccc(NC(=O)Nc2ccno2)cc1. The highest BCUT2D eigenvalue weighted by molar-refractivity contribution is 5.99. The van der Waals surface area contributed by atoms with E-state index in [0.717, 1.165) is 0 Å². The van der Waals surface area contributed by atoms with E-state index in [1.807, 2.05) is 0 Å². The van der Waals surface area contributed by atoms with Crippen LogP contribution in [0.25, 0.3) is 0 Å². The Kier molecular flexibility index (Phi) is 3.77. The van der Waals surface area contributed by atoms with Gasteiger partial charge in [-0.1, -0.05) is 5.16 Å². The maximum atomic E-state index is 11.6. The van der Waals surface area contributed by atoms with Gasteiger partial charge in [0.1, 0.15) is 0 Å². The first kappa shape index (κ1) is 12.6. The van der Waals surface area contributed by atoms with Crippen molar-refractivity contribution in [3.8, 4) is 0 Å². The lowest BCUT2D eigenvalue weighted by Crippen LogP contribution is -2.19. The lowest BCUT2D eigenvalue weighted by atomic mass is 10.3. The molecular weight excluding hydrogens is 248 g/mol. The number of benzene rings is 1. The number of carbonyl (C=O) groups excluding carboxylic acids is 2. The minimum absolute atomic E-state index is 0.149. The van der Waals surface area contributed by atoms with Gasteiger partial charge >= 0.3 is 6.03 Å². The Morgan fingerprint density at radius 3 is 2.16 bits per heavy atom. The Hall–Kier alpha value is -2.83. The molecule has 0 aliphatic carbocycles. The largest absolute Gasteiger partial charge is 0.338 e. The molecule has 1 heterocycles. The van der Waals surface area contributed by atoms with Crippen molar-refractivity contribution < 1.29 is 14.1 Å². The number of rotatable bonds is 3. The molecule has 3 N–H and O–H groups in total. The summed E-state index contributed by atoms with van der Waals surface area (Å²) in [4.78, 5) is 22.4. The first-order chi connectivity index (χ1) is 9.13. The molecule has 0 saturated carbocycles. The van der Waals surface area contributed by atoms with E-state index < -0.39 is 6.03 Å². The molecule has 0 bridgehead atoms. The first-order valence-corrected chi connectivity index (χ1v) is 5.50. The molecule has 7 nitrogen and oxygen atoms in total. The van der Waals surface area contributed by atoms with Gasteiger partial charge in [0.25, 0.3) is 0 Å². The number of amides is 3. The van der Waals surface area contributed by atoms with Gasteiger partial charge in [0.05, 0.1) is 6.20 Å². The highest BCUT2D eigenvalue weighted by Gasteiger charge is 2.05. The van der Waals surface area contributed by atoms with Crippen molar-refractivity contribution in [3.63, 3.8) is 0 Å². The average Bonchev–Trinajstić information content (AvgIpc) is 2.83. The van der Waals surface area contributed by atoms with Crippen molar-refractivity contribution in [3.05, 3.63) is 36.5 Å². The van der Waals surface area contributed by atoms with Gasteiger partial charge in [0.2, 0.25) is 11.8 Å². The van der Waals surface area contributed by atoms with Crippen molar-refractivity contribution in [2.24, 2.45) is 0 Å². The van der Waals surface area contributed by atoms with Gasteiger partial charge in [-0.2, -0.15) is 0 Å². The van der Waals surface area contributed by atoms with Crippen LogP contribution in [0.2, 0.25) is 0 Å². The van der Waals surface area contributed by atoms with Crippen molar-refractivity contribution in [1.82, 2.24) is 5.16 Å². The number of nitrogens with one attached hydrogen (secondary N) is 3. The predicted molar refractivity (Wildman–Crippen MR) is 69.9 cm³/mol. The highest BCUT2D eigenvalue weighted by Crippen LogP contribution is 2.14. The molecule has 98 valence electrons. The summed E-state index contributed by atoms with van der Waals surface area (Å²) in [6.45, 7) is 1.43. The third kappa shape index (κ3) is 3.84. The van der Waals surface area contributed by atoms with E-state index in [1.54, 1.807) is 24.3 Å².